The van der Waals surface area contributed by atoms with Crippen molar-refractivity contribution in [1.82, 2.24) is 15.4 Å². The Morgan fingerprint density at radius 3 is 1.90 bits per heavy atom. The second-order valence-corrected chi connectivity index (χ2v) is 3.71. The number of rotatable bonds is 3. The molecule has 0 saturated carbocycles. The fourth-order valence-corrected chi connectivity index (χ4v) is 1.65. The molecule has 0 fully saturated rings. The van der Waals surface area contributed by atoms with Gasteiger partial charge in [-0.1, -0.05) is 0 Å². The van der Waals surface area contributed by atoms with Gasteiger partial charge in [0.05, 0.1) is 23.5 Å². The minimum atomic E-state index is -2.24. The molecular weight excluding hydrogens is 283 g/mol. The van der Waals surface area contributed by atoms with Crippen LogP contribution in [0.4, 0.5) is 22.0 Å². The number of hydrogen-bond acceptors (Lipinski definition) is 4. The Bertz CT molecular complexity index is 605. The molecule has 1 atom stereocenters. The van der Waals surface area contributed by atoms with Gasteiger partial charge in [-0.15, -0.1) is 0 Å². The molecule has 9 heteroatoms. The molecule has 1 heterocycles. The molecule has 0 radical (unpaired) electrons. The van der Waals surface area contributed by atoms with Gasteiger partial charge in [-0.25, -0.2) is 27.4 Å². The lowest BCUT2D eigenvalue weighted by molar-refractivity contribution is 0.361. The van der Waals surface area contributed by atoms with Gasteiger partial charge >= 0.3 is 0 Å². The van der Waals surface area contributed by atoms with Gasteiger partial charge in [0, 0.05) is 12.4 Å². The first-order valence-corrected chi connectivity index (χ1v) is 5.22. The fraction of sp³-hybridized carbons (Fsp3) is 0.0909. The second kappa shape index (κ2) is 5.47. The highest BCUT2D eigenvalue weighted by Gasteiger charge is 2.31. The van der Waals surface area contributed by atoms with Crippen molar-refractivity contribution in [3.8, 4) is 0 Å². The minimum absolute atomic E-state index is 0.0989. The number of hydrazine groups is 1. The summed E-state index contributed by atoms with van der Waals surface area (Å²) in [7, 11) is 0. The highest BCUT2D eigenvalue weighted by atomic mass is 19.2. The van der Waals surface area contributed by atoms with E-state index in [4.69, 9.17) is 5.84 Å². The van der Waals surface area contributed by atoms with Crippen molar-refractivity contribution < 1.29 is 22.0 Å². The number of benzene rings is 1. The van der Waals surface area contributed by atoms with Crippen LogP contribution in [0.5, 0.6) is 0 Å². The van der Waals surface area contributed by atoms with E-state index in [0.29, 0.717) is 0 Å². The summed E-state index contributed by atoms with van der Waals surface area (Å²) in [4.78, 5) is 7.35. The predicted octanol–water partition coefficient (Wildman–Crippen LogP) is 1.72. The van der Waals surface area contributed by atoms with Crippen molar-refractivity contribution >= 4 is 0 Å². The molecule has 2 rings (SSSR count). The number of halogens is 5. The van der Waals surface area contributed by atoms with Gasteiger partial charge in [0.25, 0.3) is 0 Å². The topological polar surface area (TPSA) is 63.8 Å². The van der Waals surface area contributed by atoms with E-state index in [9.17, 15) is 22.0 Å². The van der Waals surface area contributed by atoms with Crippen LogP contribution in [0, 0.1) is 29.1 Å². The van der Waals surface area contributed by atoms with Crippen LogP contribution in [0.3, 0.4) is 0 Å². The van der Waals surface area contributed by atoms with E-state index in [1.54, 1.807) is 0 Å². The zero-order chi connectivity index (χ0) is 14.9. The van der Waals surface area contributed by atoms with E-state index < -0.39 is 40.7 Å². The predicted molar refractivity (Wildman–Crippen MR) is 57.4 cm³/mol. The molecule has 0 bridgehead atoms. The van der Waals surface area contributed by atoms with Gasteiger partial charge in [-0.3, -0.25) is 15.8 Å². The SMILES string of the molecule is NNC(c1cnccn1)c1c(F)c(F)c(F)c(F)c1F. The molecule has 0 spiro atoms. The monoisotopic (exact) mass is 290 g/mol. The van der Waals surface area contributed by atoms with Crippen molar-refractivity contribution in [2.75, 3.05) is 0 Å². The van der Waals surface area contributed by atoms with Crippen LogP contribution in [0.25, 0.3) is 0 Å². The average Bonchev–Trinajstić information content (AvgIpc) is 2.48. The summed E-state index contributed by atoms with van der Waals surface area (Å²) < 4.78 is 66.6. The molecule has 3 N–H and O–H groups in total. The molecule has 2 aromatic rings. The van der Waals surface area contributed by atoms with E-state index in [0.717, 1.165) is 6.20 Å². The number of nitrogens with one attached hydrogen (secondary N) is 1. The van der Waals surface area contributed by atoms with Crippen molar-refractivity contribution in [3.05, 3.63) is 58.9 Å². The molecule has 20 heavy (non-hydrogen) atoms. The minimum Gasteiger partial charge on any atom is -0.271 e. The van der Waals surface area contributed by atoms with Gasteiger partial charge in [-0.2, -0.15) is 0 Å². The van der Waals surface area contributed by atoms with Crippen LogP contribution in [0.15, 0.2) is 18.6 Å². The lowest BCUT2D eigenvalue weighted by Crippen LogP contribution is -2.32. The molecular formula is C11H7F5N4. The lowest BCUT2D eigenvalue weighted by Gasteiger charge is -2.17. The molecule has 0 amide bonds. The summed E-state index contributed by atoms with van der Waals surface area (Å²) in [6.45, 7) is 0. The van der Waals surface area contributed by atoms with Gasteiger partial charge in [-0.05, 0) is 0 Å². The molecule has 0 aliphatic rings. The third-order valence-electron chi connectivity index (χ3n) is 2.58. The Hall–Kier alpha value is -2.13. The van der Waals surface area contributed by atoms with Crippen LogP contribution >= 0.6 is 0 Å². The van der Waals surface area contributed by atoms with Gasteiger partial charge in [0.2, 0.25) is 5.82 Å². The average molecular weight is 290 g/mol. The molecule has 0 aliphatic carbocycles. The van der Waals surface area contributed by atoms with Crippen molar-refractivity contribution in [1.29, 1.82) is 0 Å². The Kier molecular flexibility index (Phi) is 3.91. The lowest BCUT2D eigenvalue weighted by atomic mass is 10.0. The molecule has 0 saturated heterocycles. The smallest absolute Gasteiger partial charge is 0.200 e. The summed E-state index contributed by atoms with van der Waals surface area (Å²) in [5, 5.41) is 0. The molecule has 106 valence electrons. The van der Waals surface area contributed by atoms with Crippen molar-refractivity contribution in [2.24, 2.45) is 5.84 Å². The fourth-order valence-electron chi connectivity index (χ4n) is 1.65. The molecule has 1 unspecified atom stereocenters. The summed E-state index contributed by atoms with van der Waals surface area (Å²) in [6, 6.07) is -1.53. The maximum atomic E-state index is 13.7. The zero-order valence-electron chi connectivity index (χ0n) is 9.67. The molecule has 1 aromatic heterocycles. The van der Waals surface area contributed by atoms with Crippen LogP contribution in [-0.2, 0) is 0 Å². The Morgan fingerprint density at radius 1 is 0.900 bits per heavy atom. The highest BCUT2D eigenvalue weighted by molar-refractivity contribution is 5.31. The van der Waals surface area contributed by atoms with Crippen LogP contribution in [0.2, 0.25) is 0 Å². The molecule has 1 aromatic carbocycles. The second-order valence-electron chi connectivity index (χ2n) is 3.71. The Labute approximate surface area is 109 Å². The quantitative estimate of drug-likeness (QED) is 0.297. The number of hydrogen-bond donors (Lipinski definition) is 2. The van der Waals surface area contributed by atoms with Crippen LogP contribution < -0.4 is 11.3 Å². The summed E-state index contributed by atoms with van der Waals surface area (Å²) in [5.41, 5.74) is 0.732. The van der Waals surface area contributed by atoms with Crippen molar-refractivity contribution in [2.45, 2.75) is 6.04 Å². The van der Waals surface area contributed by atoms with E-state index in [1.807, 2.05) is 5.43 Å². The van der Waals surface area contributed by atoms with Crippen LogP contribution in [0.1, 0.15) is 17.3 Å². The first-order valence-electron chi connectivity index (χ1n) is 5.22. The van der Waals surface area contributed by atoms with E-state index in [-0.39, 0.29) is 5.69 Å². The maximum Gasteiger partial charge on any atom is 0.200 e. The highest BCUT2D eigenvalue weighted by Crippen LogP contribution is 2.29. The van der Waals surface area contributed by atoms with Crippen molar-refractivity contribution in [3.63, 3.8) is 0 Å². The first kappa shape index (κ1) is 14.3. The summed E-state index contributed by atoms with van der Waals surface area (Å²) >= 11 is 0. The van der Waals surface area contributed by atoms with E-state index in [2.05, 4.69) is 9.97 Å². The normalized spacial score (nSPS) is 12.5. The Morgan fingerprint density at radius 2 is 1.45 bits per heavy atom. The third-order valence-corrected chi connectivity index (χ3v) is 2.58. The van der Waals surface area contributed by atoms with Gasteiger partial charge in [0.15, 0.2) is 23.3 Å². The van der Waals surface area contributed by atoms with E-state index >= 15 is 0 Å². The van der Waals surface area contributed by atoms with E-state index in [1.165, 1.54) is 12.4 Å². The van der Waals surface area contributed by atoms with Crippen LogP contribution in [-0.4, -0.2) is 9.97 Å². The molecule has 0 aliphatic heterocycles. The number of aromatic nitrogens is 2. The summed E-state index contributed by atoms with van der Waals surface area (Å²) in [5.74, 6) is -5.17. The summed E-state index contributed by atoms with van der Waals surface area (Å²) in [6.07, 6.45) is 3.55. The Balaban J connectivity index is 2.68. The zero-order valence-corrected chi connectivity index (χ0v) is 9.67. The number of nitrogens with two attached hydrogens (primary N) is 1. The number of nitrogens with zero attached hydrogens (tertiary/aromatic N) is 2. The largest absolute Gasteiger partial charge is 0.271 e. The first-order chi connectivity index (χ1) is 9.49. The third kappa shape index (κ3) is 2.21. The maximum absolute atomic E-state index is 13.7. The standard InChI is InChI=1S/C11H7F5N4/c12-6-5(7(13)9(15)10(16)8(6)14)11(20-17)4-3-18-1-2-19-4/h1-3,11,20H,17H2. The molecule has 4 nitrogen and oxygen atoms in total. The van der Waals surface area contributed by atoms with Gasteiger partial charge in [0.1, 0.15) is 0 Å². The van der Waals surface area contributed by atoms with Gasteiger partial charge < -0.3 is 0 Å².